The van der Waals surface area contributed by atoms with Gasteiger partial charge in [-0.1, -0.05) is 18.2 Å². The molecule has 1 unspecified atom stereocenters. The number of carbonyl (C=O) groups excluding carboxylic acids is 1. The summed E-state index contributed by atoms with van der Waals surface area (Å²) in [5, 5.41) is 13.9. The minimum absolute atomic E-state index is 0.0483. The van der Waals surface area contributed by atoms with Crippen LogP contribution >= 0.6 is 0 Å². The average molecular weight is 288 g/mol. The van der Waals surface area contributed by atoms with Gasteiger partial charge in [-0.2, -0.15) is 0 Å². The second-order valence-corrected chi connectivity index (χ2v) is 5.13. The van der Waals surface area contributed by atoms with E-state index in [2.05, 4.69) is 20.8 Å². The molecule has 6 heteroatoms. The fraction of sp³-hybridized carbons (Fsp3) is 0.400. The molecule has 2 rings (SSSR count). The third-order valence-corrected chi connectivity index (χ3v) is 2.87. The van der Waals surface area contributed by atoms with Crippen molar-refractivity contribution in [2.45, 2.75) is 39.4 Å². The number of benzene rings is 1. The smallest absolute Gasteiger partial charge is 0.247 e. The van der Waals surface area contributed by atoms with E-state index >= 15 is 0 Å². The summed E-state index contributed by atoms with van der Waals surface area (Å²) in [4.78, 5) is 11.8. The summed E-state index contributed by atoms with van der Waals surface area (Å²) in [5.41, 5.74) is 0.877. The molecular formula is C15H20N4O2. The average Bonchev–Trinajstić information content (AvgIpc) is 2.94. The Morgan fingerprint density at radius 2 is 1.90 bits per heavy atom. The summed E-state index contributed by atoms with van der Waals surface area (Å²) in [6.45, 7) is 6.00. The first-order valence-electron chi connectivity index (χ1n) is 6.98. The number of carbonyl (C=O) groups is 1. The predicted octanol–water partition coefficient (Wildman–Crippen LogP) is 1.74. The molecule has 2 aromatic rings. The summed E-state index contributed by atoms with van der Waals surface area (Å²) in [7, 11) is 0. The predicted molar refractivity (Wildman–Crippen MR) is 79.3 cm³/mol. The SMILES string of the molecule is CC(C)NC(=O)C(C)NCc1nnc(-c2ccccc2)o1. The highest BCUT2D eigenvalue weighted by atomic mass is 16.4. The van der Waals surface area contributed by atoms with E-state index in [9.17, 15) is 4.79 Å². The van der Waals surface area contributed by atoms with Crippen molar-refractivity contribution in [3.05, 3.63) is 36.2 Å². The van der Waals surface area contributed by atoms with Gasteiger partial charge in [0.25, 0.3) is 0 Å². The molecule has 0 bridgehead atoms. The van der Waals surface area contributed by atoms with E-state index in [0.29, 0.717) is 18.3 Å². The zero-order chi connectivity index (χ0) is 15.2. The lowest BCUT2D eigenvalue weighted by molar-refractivity contribution is -0.123. The van der Waals surface area contributed by atoms with Gasteiger partial charge in [-0.05, 0) is 32.9 Å². The van der Waals surface area contributed by atoms with Crippen molar-refractivity contribution in [2.75, 3.05) is 0 Å². The highest BCUT2D eigenvalue weighted by Crippen LogP contribution is 2.16. The van der Waals surface area contributed by atoms with Gasteiger partial charge < -0.3 is 9.73 Å². The molecular weight excluding hydrogens is 268 g/mol. The largest absolute Gasteiger partial charge is 0.419 e. The van der Waals surface area contributed by atoms with Crippen LogP contribution in [0, 0.1) is 0 Å². The van der Waals surface area contributed by atoms with Crippen molar-refractivity contribution < 1.29 is 9.21 Å². The second-order valence-electron chi connectivity index (χ2n) is 5.13. The van der Waals surface area contributed by atoms with Crippen molar-refractivity contribution in [2.24, 2.45) is 0 Å². The van der Waals surface area contributed by atoms with E-state index < -0.39 is 0 Å². The Morgan fingerprint density at radius 3 is 2.57 bits per heavy atom. The van der Waals surface area contributed by atoms with Crippen LogP contribution in [-0.2, 0) is 11.3 Å². The van der Waals surface area contributed by atoms with Crippen molar-refractivity contribution in [1.29, 1.82) is 0 Å². The normalized spacial score (nSPS) is 12.4. The van der Waals surface area contributed by atoms with Gasteiger partial charge >= 0.3 is 0 Å². The second kappa shape index (κ2) is 6.99. The van der Waals surface area contributed by atoms with Crippen LogP contribution in [-0.4, -0.2) is 28.2 Å². The van der Waals surface area contributed by atoms with Gasteiger partial charge in [0.1, 0.15) is 0 Å². The van der Waals surface area contributed by atoms with E-state index in [1.807, 2.05) is 44.2 Å². The van der Waals surface area contributed by atoms with Crippen LogP contribution in [0.1, 0.15) is 26.7 Å². The third kappa shape index (κ3) is 4.39. The number of amides is 1. The molecule has 0 saturated heterocycles. The number of nitrogens with one attached hydrogen (secondary N) is 2. The topological polar surface area (TPSA) is 80.0 Å². The molecule has 1 aromatic carbocycles. The summed E-state index contributed by atoms with van der Waals surface area (Å²) in [5.74, 6) is 0.887. The van der Waals surface area contributed by atoms with Crippen LogP contribution in [0.15, 0.2) is 34.7 Å². The molecule has 0 aliphatic rings. The lowest BCUT2D eigenvalue weighted by Crippen LogP contribution is -2.44. The summed E-state index contributed by atoms with van der Waals surface area (Å²) in [6, 6.07) is 9.37. The van der Waals surface area contributed by atoms with Crippen molar-refractivity contribution in [3.8, 4) is 11.5 Å². The fourth-order valence-corrected chi connectivity index (χ4v) is 1.77. The maximum Gasteiger partial charge on any atom is 0.247 e. The van der Waals surface area contributed by atoms with Gasteiger partial charge in [0.15, 0.2) is 0 Å². The molecule has 0 aliphatic carbocycles. The van der Waals surface area contributed by atoms with Crippen molar-refractivity contribution in [1.82, 2.24) is 20.8 Å². The van der Waals surface area contributed by atoms with E-state index in [0.717, 1.165) is 5.56 Å². The Hall–Kier alpha value is -2.21. The van der Waals surface area contributed by atoms with Gasteiger partial charge in [-0.3, -0.25) is 10.1 Å². The molecule has 6 nitrogen and oxygen atoms in total. The number of hydrogen-bond donors (Lipinski definition) is 2. The number of aromatic nitrogens is 2. The van der Waals surface area contributed by atoms with Gasteiger partial charge in [-0.25, -0.2) is 0 Å². The van der Waals surface area contributed by atoms with Gasteiger partial charge in [0.05, 0.1) is 12.6 Å². The van der Waals surface area contributed by atoms with E-state index in [1.165, 1.54) is 0 Å². The summed E-state index contributed by atoms with van der Waals surface area (Å²) in [6.07, 6.45) is 0. The standard InChI is InChI=1S/C15H20N4O2/c1-10(2)17-14(20)11(3)16-9-13-18-19-15(21-13)12-7-5-4-6-8-12/h4-8,10-11,16H,9H2,1-3H3,(H,17,20). The molecule has 21 heavy (non-hydrogen) atoms. The first-order chi connectivity index (χ1) is 10.1. The Balaban J connectivity index is 1.90. The number of nitrogens with zero attached hydrogens (tertiary/aromatic N) is 2. The zero-order valence-electron chi connectivity index (χ0n) is 12.5. The van der Waals surface area contributed by atoms with Gasteiger partial charge in [0, 0.05) is 11.6 Å². The molecule has 0 aliphatic heterocycles. The van der Waals surface area contributed by atoms with Gasteiger partial charge in [0.2, 0.25) is 17.7 Å². The molecule has 2 N–H and O–H groups in total. The maximum atomic E-state index is 11.8. The molecule has 1 heterocycles. The maximum absolute atomic E-state index is 11.8. The number of hydrogen-bond acceptors (Lipinski definition) is 5. The van der Waals surface area contributed by atoms with Crippen LogP contribution < -0.4 is 10.6 Å². The van der Waals surface area contributed by atoms with E-state index in [1.54, 1.807) is 6.92 Å². The van der Waals surface area contributed by atoms with Crippen molar-refractivity contribution >= 4 is 5.91 Å². The van der Waals surface area contributed by atoms with Crippen LogP contribution in [0.25, 0.3) is 11.5 Å². The first kappa shape index (κ1) is 15.2. The van der Waals surface area contributed by atoms with Gasteiger partial charge in [-0.15, -0.1) is 10.2 Å². The fourth-order valence-electron chi connectivity index (χ4n) is 1.77. The van der Waals surface area contributed by atoms with Crippen LogP contribution in [0.3, 0.4) is 0 Å². The minimum atomic E-state index is -0.320. The summed E-state index contributed by atoms with van der Waals surface area (Å²) < 4.78 is 5.56. The highest BCUT2D eigenvalue weighted by Gasteiger charge is 2.15. The molecule has 0 saturated carbocycles. The van der Waals surface area contributed by atoms with Crippen LogP contribution in [0.2, 0.25) is 0 Å². The highest BCUT2D eigenvalue weighted by molar-refractivity contribution is 5.81. The zero-order valence-corrected chi connectivity index (χ0v) is 12.5. The van der Waals surface area contributed by atoms with E-state index in [-0.39, 0.29) is 18.0 Å². The van der Waals surface area contributed by atoms with E-state index in [4.69, 9.17) is 4.42 Å². The lowest BCUT2D eigenvalue weighted by Gasteiger charge is -2.14. The molecule has 0 radical (unpaired) electrons. The Bertz CT molecular complexity index is 580. The van der Waals surface area contributed by atoms with Crippen molar-refractivity contribution in [3.63, 3.8) is 0 Å². The Kier molecular flexibility index (Phi) is 5.05. The quantitative estimate of drug-likeness (QED) is 0.846. The molecule has 1 aromatic heterocycles. The minimum Gasteiger partial charge on any atom is -0.419 e. The third-order valence-electron chi connectivity index (χ3n) is 2.87. The Labute approximate surface area is 124 Å². The number of rotatable bonds is 6. The molecule has 112 valence electrons. The monoisotopic (exact) mass is 288 g/mol. The molecule has 1 atom stereocenters. The van der Waals surface area contributed by atoms with Crippen LogP contribution in [0.4, 0.5) is 0 Å². The molecule has 0 spiro atoms. The summed E-state index contributed by atoms with van der Waals surface area (Å²) >= 11 is 0. The van der Waals surface area contributed by atoms with Crippen LogP contribution in [0.5, 0.6) is 0 Å². The molecule has 1 amide bonds. The first-order valence-corrected chi connectivity index (χ1v) is 6.98. The Morgan fingerprint density at radius 1 is 1.19 bits per heavy atom. The lowest BCUT2D eigenvalue weighted by atomic mass is 10.2. The molecule has 0 fully saturated rings.